The highest BCUT2D eigenvalue weighted by atomic mass is 16.6. The van der Waals surface area contributed by atoms with Gasteiger partial charge in [-0.25, -0.2) is 0 Å². The van der Waals surface area contributed by atoms with E-state index in [-0.39, 0.29) is 12.8 Å². The van der Waals surface area contributed by atoms with Gasteiger partial charge >= 0.3 is 5.97 Å². The highest BCUT2D eigenvalue weighted by molar-refractivity contribution is 5.76. The molecule has 0 saturated carbocycles. The van der Waals surface area contributed by atoms with Crippen LogP contribution >= 0.6 is 0 Å². The Labute approximate surface area is 121 Å². The van der Waals surface area contributed by atoms with Crippen molar-refractivity contribution < 1.29 is 39.9 Å². The van der Waals surface area contributed by atoms with Gasteiger partial charge in [-0.05, 0) is 12.8 Å². The van der Waals surface area contributed by atoms with E-state index in [1.807, 2.05) is 0 Å². The number of aliphatic hydroxyl groups excluding tert-OH is 4. The van der Waals surface area contributed by atoms with E-state index in [4.69, 9.17) is 14.9 Å². The van der Waals surface area contributed by atoms with Crippen LogP contribution in [0.25, 0.3) is 0 Å². The van der Waals surface area contributed by atoms with Gasteiger partial charge in [0.15, 0.2) is 6.23 Å². The van der Waals surface area contributed by atoms with Crippen molar-refractivity contribution in [3.63, 3.8) is 0 Å². The van der Waals surface area contributed by atoms with Gasteiger partial charge < -0.3 is 35.6 Å². The second-order valence-corrected chi connectivity index (χ2v) is 4.92. The van der Waals surface area contributed by atoms with E-state index in [9.17, 15) is 24.9 Å². The van der Waals surface area contributed by atoms with E-state index in [0.717, 1.165) is 0 Å². The number of carboxylic acid groups (broad SMARTS) is 1. The molecule has 122 valence electrons. The molecule has 0 unspecified atom stereocenters. The van der Waals surface area contributed by atoms with Crippen molar-refractivity contribution in [3.05, 3.63) is 0 Å². The van der Waals surface area contributed by atoms with Gasteiger partial charge in [-0.1, -0.05) is 0 Å². The summed E-state index contributed by atoms with van der Waals surface area (Å²) >= 11 is 0. The van der Waals surface area contributed by atoms with Gasteiger partial charge in [0.05, 0.1) is 6.61 Å². The number of aliphatic hydroxyl groups is 4. The van der Waals surface area contributed by atoms with Crippen molar-refractivity contribution in [2.24, 2.45) is 0 Å². The van der Waals surface area contributed by atoms with E-state index in [1.54, 1.807) is 0 Å². The number of aliphatic carboxylic acids is 1. The molecule has 0 aromatic rings. The van der Waals surface area contributed by atoms with Crippen molar-refractivity contribution in [2.45, 2.75) is 56.3 Å². The number of carbonyl (C=O) groups is 2. The Morgan fingerprint density at radius 3 is 2.19 bits per heavy atom. The van der Waals surface area contributed by atoms with Crippen LogP contribution in [0.2, 0.25) is 0 Å². The van der Waals surface area contributed by atoms with Crippen molar-refractivity contribution in [1.29, 1.82) is 0 Å². The van der Waals surface area contributed by atoms with Crippen LogP contribution in [0.4, 0.5) is 0 Å². The number of carbonyl (C=O) groups excluding carboxylic acids is 1. The summed E-state index contributed by atoms with van der Waals surface area (Å²) in [6.45, 7) is -0.573. The van der Waals surface area contributed by atoms with Crippen molar-refractivity contribution in [3.8, 4) is 0 Å². The number of unbranched alkanes of at least 4 members (excludes halogenated alkanes) is 1. The van der Waals surface area contributed by atoms with Crippen LogP contribution in [0.3, 0.4) is 0 Å². The molecule has 5 atom stereocenters. The molecule has 1 rings (SSSR count). The molecule has 1 aliphatic rings. The maximum Gasteiger partial charge on any atom is 0.303 e. The van der Waals surface area contributed by atoms with E-state index in [1.165, 1.54) is 0 Å². The fraction of sp³-hybridized carbons (Fsp3) is 0.833. The minimum atomic E-state index is -1.55. The summed E-state index contributed by atoms with van der Waals surface area (Å²) in [6.07, 6.45) is -6.16. The summed E-state index contributed by atoms with van der Waals surface area (Å²) in [7, 11) is 0. The van der Waals surface area contributed by atoms with Gasteiger partial charge in [-0.3, -0.25) is 9.59 Å². The Morgan fingerprint density at radius 2 is 1.62 bits per heavy atom. The number of amides is 1. The molecule has 9 heteroatoms. The van der Waals surface area contributed by atoms with E-state index in [0.29, 0.717) is 12.8 Å². The molecule has 1 amide bonds. The molecule has 1 fully saturated rings. The first-order chi connectivity index (χ1) is 9.86. The van der Waals surface area contributed by atoms with Gasteiger partial charge in [0.25, 0.3) is 0 Å². The van der Waals surface area contributed by atoms with Crippen LogP contribution in [0.1, 0.15) is 25.7 Å². The SMILES string of the molecule is O=C(O)CCCCC(=O)N[C@@H]1O[C@H](CO)[C@@H](O)[C@H](O)[C@H]1O. The minimum absolute atomic E-state index is 0.0344. The van der Waals surface area contributed by atoms with Crippen LogP contribution in [0, 0.1) is 0 Å². The van der Waals surface area contributed by atoms with Crippen molar-refractivity contribution in [2.75, 3.05) is 6.61 Å². The molecule has 21 heavy (non-hydrogen) atoms. The number of rotatable bonds is 7. The summed E-state index contributed by atoms with van der Waals surface area (Å²) in [5.74, 6) is -1.42. The fourth-order valence-electron chi connectivity index (χ4n) is 2.01. The van der Waals surface area contributed by atoms with Crippen molar-refractivity contribution in [1.82, 2.24) is 5.32 Å². The van der Waals surface area contributed by atoms with E-state index < -0.39 is 49.1 Å². The molecular formula is C12H21NO8. The van der Waals surface area contributed by atoms with Crippen LogP contribution in [0.15, 0.2) is 0 Å². The first-order valence-corrected chi connectivity index (χ1v) is 6.68. The van der Waals surface area contributed by atoms with Crippen LogP contribution in [-0.4, -0.2) is 74.7 Å². The monoisotopic (exact) mass is 307 g/mol. The summed E-state index contributed by atoms with van der Waals surface area (Å²) < 4.78 is 5.11. The maximum atomic E-state index is 11.6. The lowest BCUT2D eigenvalue weighted by Crippen LogP contribution is -2.63. The number of carboxylic acids is 1. The molecule has 1 saturated heterocycles. The molecule has 0 aromatic carbocycles. The van der Waals surface area contributed by atoms with E-state index in [2.05, 4.69) is 5.32 Å². The smallest absolute Gasteiger partial charge is 0.303 e. The zero-order chi connectivity index (χ0) is 16.0. The molecule has 6 N–H and O–H groups in total. The number of hydrogen-bond donors (Lipinski definition) is 6. The van der Waals surface area contributed by atoms with Crippen LogP contribution in [0.5, 0.6) is 0 Å². The number of hydrogen-bond acceptors (Lipinski definition) is 7. The van der Waals surface area contributed by atoms with Gasteiger partial charge in [0.2, 0.25) is 5.91 Å². The van der Waals surface area contributed by atoms with Gasteiger partial charge in [-0.2, -0.15) is 0 Å². The van der Waals surface area contributed by atoms with Gasteiger partial charge in [-0.15, -0.1) is 0 Å². The third kappa shape index (κ3) is 5.21. The Balaban J connectivity index is 2.41. The van der Waals surface area contributed by atoms with Gasteiger partial charge in [0, 0.05) is 12.8 Å². The lowest BCUT2D eigenvalue weighted by molar-refractivity contribution is -0.236. The molecule has 9 nitrogen and oxygen atoms in total. The third-order valence-corrected chi connectivity index (χ3v) is 3.24. The molecule has 0 radical (unpaired) electrons. The molecule has 0 spiro atoms. The zero-order valence-electron chi connectivity index (χ0n) is 11.4. The number of nitrogens with one attached hydrogen (secondary N) is 1. The Bertz CT molecular complexity index is 361. The lowest BCUT2D eigenvalue weighted by atomic mass is 9.98. The summed E-state index contributed by atoms with van der Waals surface area (Å²) in [4.78, 5) is 21.9. The predicted octanol–water partition coefficient (Wildman–Crippen LogP) is -2.45. The van der Waals surface area contributed by atoms with Crippen molar-refractivity contribution >= 4 is 11.9 Å². The quantitative estimate of drug-likeness (QED) is 0.283. The normalized spacial score (nSPS) is 32.7. The average Bonchev–Trinajstić information content (AvgIpc) is 2.44. The summed E-state index contributed by atoms with van der Waals surface area (Å²) in [5, 5.41) is 48.6. The third-order valence-electron chi connectivity index (χ3n) is 3.24. The first kappa shape index (κ1) is 17.8. The Hall–Kier alpha value is -1.26. The second-order valence-electron chi connectivity index (χ2n) is 4.92. The fourth-order valence-corrected chi connectivity index (χ4v) is 2.01. The topological polar surface area (TPSA) is 157 Å². The standard InChI is InChI=1S/C12H21NO8/c14-5-6-9(18)10(19)11(20)12(21-6)13-7(15)3-1-2-4-8(16)17/h6,9-12,14,18-20H,1-5H2,(H,13,15)(H,16,17)/t6-,9-,10+,11-,12-/m1/s1. The lowest BCUT2D eigenvalue weighted by Gasteiger charge is -2.40. The molecule has 0 aromatic heterocycles. The van der Waals surface area contributed by atoms with Crippen LogP contribution in [-0.2, 0) is 14.3 Å². The molecule has 1 heterocycles. The molecular weight excluding hydrogens is 286 g/mol. The maximum absolute atomic E-state index is 11.6. The molecule has 0 bridgehead atoms. The first-order valence-electron chi connectivity index (χ1n) is 6.68. The largest absolute Gasteiger partial charge is 0.481 e. The number of ether oxygens (including phenoxy) is 1. The molecule has 1 aliphatic heterocycles. The summed E-state index contributed by atoms with van der Waals surface area (Å²) in [6, 6.07) is 0. The second kappa shape index (κ2) is 8.25. The highest BCUT2D eigenvalue weighted by Gasteiger charge is 2.43. The summed E-state index contributed by atoms with van der Waals surface area (Å²) in [5.41, 5.74) is 0. The van der Waals surface area contributed by atoms with Crippen LogP contribution < -0.4 is 5.32 Å². The van der Waals surface area contributed by atoms with E-state index >= 15 is 0 Å². The Morgan fingerprint density at radius 1 is 1.00 bits per heavy atom. The molecule has 0 aliphatic carbocycles. The minimum Gasteiger partial charge on any atom is -0.481 e. The average molecular weight is 307 g/mol. The Kier molecular flexibility index (Phi) is 6.99. The predicted molar refractivity (Wildman–Crippen MR) is 68.0 cm³/mol. The highest BCUT2D eigenvalue weighted by Crippen LogP contribution is 2.19. The zero-order valence-corrected chi connectivity index (χ0v) is 11.4. The van der Waals surface area contributed by atoms with Gasteiger partial charge in [0.1, 0.15) is 24.4 Å².